The Balaban J connectivity index is 4.65. The zero-order chi connectivity index (χ0) is 44.9. The summed E-state index contributed by atoms with van der Waals surface area (Å²) < 4.78 is 15.6. The van der Waals surface area contributed by atoms with E-state index in [9.17, 15) is 48.8 Å². The number of rotatable bonds is 31. The van der Waals surface area contributed by atoms with Crippen molar-refractivity contribution in [3.05, 3.63) is 34.9 Å². The van der Waals surface area contributed by atoms with Crippen molar-refractivity contribution in [1.29, 1.82) is 0 Å². The topological polar surface area (TPSA) is 299 Å². The summed E-state index contributed by atoms with van der Waals surface area (Å²) in [5.74, 6) is -4.25. The van der Waals surface area contributed by atoms with Crippen LogP contribution in [0.3, 0.4) is 0 Å². The van der Waals surface area contributed by atoms with E-state index in [0.717, 1.165) is 11.6 Å². The van der Waals surface area contributed by atoms with Crippen molar-refractivity contribution in [3.8, 4) is 0 Å². The van der Waals surface area contributed by atoms with Crippen LogP contribution in [0.1, 0.15) is 105 Å². The van der Waals surface area contributed by atoms with Crippen molar-refractivity contribution >= 4 is 47.8 Å². The van der Waals surface area contributed by atoms with E-state index in [1.54, 1.807) is 13.8 Å². The van der Waals surface area contributed by atoms with Gasteiger partial charge in [-0.15, -0.1) is 0 Å². The largest absolute Gasteiger partial charge is 0.464 e. The van der Waals surface area contributed by atoms with E-state index in [4.69, 9.17) is 30.9 Å². The summed E-state index contributed by atoms with van der Waals surface area (Å²) in [5.41, 5.74) is 13.6. The summed E-state index contributed by atoms with van der Waals surface area (Å²) in [6.07, 6.45) is 6.10. The summed E-state index contributed by atoms with van der Waals surface area (Å²) in [5, 5.41) is 33.4. The summed E-state index contributed by atoms with van der Waals surface area (Å²) in [6.45, 7) is 7.93. The normalized spacial score (nSPS) is 13.4. The summed E-state index contributed by atoms with van der Waals surface area (Å²) in [4.78, 5) is 95.9. The lowest BCUT2D eigenvalue weighted by Gasteiger charge is -2.19. The number of Topliss-reactive ketones (excluding diaryl/α,β-unsaturated/α-hetero) is 1. The van der Waals surface area contributed by atoms with Crippen LogP contribution in [0.15, 0.2) is 34.9 Å². The number of allylic oxidation sites excluding steroid dienone is 1. The van der Waals surface area contributed by atoms with Gasteiger partial charge in [0.05, 0.1) is 19.8 Å². The molecule has 0 aliphatic heterocycles. The molecule has 0 spiro atoms. The minimum absolute atomic E-state index is 0.0151. The van der Waals surface area contributed by atoms with Gasteiger partial charge in [-0.3, -0.25) is 44.4 Å². The van der Waals surface area contributed by atoms with Gasteiger partial charge in [0.15, 0.2) is 0 Å². The first-order valence-electron chi connectivity index (χ1n) is 19.5. The number of ketones is 1. The van der Waals surface area contributed by atoms with Gasteiger partial charge in [-0.2, -0.15) is 0 Å². The molecule has 0 aliphatic carbocycles. The predicted octanol–water partition coefficient (Wildman–Crippen LogP) is 1.78. The van der Waals surface area contributed by atoms with Crippen LogP contribution >= 0.6 is 0 Å². The van der Waals surface area contributed by atoms with Crippen molar-refractivity contribution in [1.82, 2.24) is 20.5 Å². The number of esters is 3. The second-order valence-electron chi connectivity index (χ2n) is 14.0. The minimum Gasteiger partial charge on any atom is -0.464 e. The van der Waals surface area contributed by atoms with Crippen molar-refractivity contribution in [2.24, 2.45) is 11.5 Å². The molecule has 0 aromatic carbocycles. The van der Waals surface area contributed by atoms with E-state index >= 15 is 0 Å². The third kappa shape index (κ3) is 26.6. The van der Waals surface area contributed by atoms with E-state index < -0.39 is 53.8 Å². The molecular weight excluding hydrogens is 776 g/mol. The van der Waals surface area contributed by atoms with Gasteiger partial charge in [0.25, 0.3) is 11.8 Å². The minimum atomic E-state index is -1.05. The molecule has 0 saturated heterocycles. The average Bonchev–Trinajstić information content (AvgIpc) is 3.18. The van der Waals surface area contributed by atoms with Gasteiger partial charge in [0.1, 0.15) is 23.9 Å². The maximum atomic E-state index is 12.7. The van der Waals surface area contributed by atoms with Crippen LogP contribution in [0.4, 0.5) is 0 Å². The first-order chi connectivity index (χ1) is 27.8. The first kappa shape index (κ1) is 54.0. The van der Waals surface area contributed by atoms with Gasteiger partial charge in [0.2, 0.25) is 12.3 Å². The third-order valence-electron chi connectivity index (χ3n) is 8.66. The number of carbonyl (C=O) groups is 8. The molecule has 0 bridgehead atoms. The molecule has 0 aliphatic rings. The number of carbonyl (C=O) groups excluding carboxylic acids is 8. The molecule has 3 unspecified atom stereocenters. The Labute approximate surface area is 345 Å². The van der Waals surface area contributed by atoms with Crippen LogP contribution in [0.2, 0.25) is 0 Å². The van der Waals surface area contributed by atoms with Crippen LogP contribution in [0, 0.1) is 0 Å². The molecule has 3 atom stereocenters. The second kappa shape index (κ2) is 31.0. The maximum absolute atomic E-state index is 12.7. The molecule has 20 nitrogen and oxygen atoms in total. The van der Waals surface area contributed by atoms with Crippen LogP contribution in [0.25, 0.3) is 0 Å². The molecular formula is C39H64N6O14. The summed E-state index contributed by atoms with van der Waals surface area (Å²) >= 11 is 0. The Morgan fingerprint density at radius 2 is 1.03 bits per heavy atom. The standard InChI is InChI=1S/C39H64N6O14/c1-6-27(2)15-21-59-39(53)33(42-34(48)14-13-30(5)47)12-9-20-45(56)36(50)25-29(4)17-23-58-38(52)32(41)11-8-19-44(55)35(49)24-28(3)16-22-57-37(51)31(40)10-7-18-43(54)26-46/h6,24-26,31-33,54-56H,7-23,40-41H2,1-5H3,(H,42,48)/b27-6-,28-24-,29-25-. The highest BCUT2D eigenvalue weighted by Gasteiger charge is 2.23. The number of hydrogen-bond acceptors (Lipinski definition) is 16. The Morgan fingerprint density at radius 3 is 1.47 bits per heavy atom. The maximum Gasteiger partial charge on any atom is 0.328 e. The third-order valence-corrected chi connectivity index (χ3v) is 8.66. The SMILES string of the molecule is C/C=C(/C)CCOC(=O)C(CCCN(O)C(=O)/C=C(/C)CCOC(=O)C(N)CCCN(O)C(=O)/C=C(/C)CCOC(=O)C(N)CCCN(O)C=O)NC(=O)CCC(C)=O. The van der Waals surface area contributed by atoms with E-state index in [1.807, 2.05) is 19.9 Å². The smallest absolute Gasteiger partial charge is 0.328 e. The number of ether oxygens (including phenoxy) is 3. The highest BCUT2D eigenvalue weighted by Crippen LogP contribution is 2.09. The lowest BCUT2D eigenvalue weighted by atomic mass is 10.1. The molecule has 0 radical (unpaired) electrons. The van der Waals surface area contributed by atoms with Crippen LogP contribution in [-0.4, -0.2) is 136 Å². The van der Waals surface area contributed by atoms with E-state index in [0.29, 0.717) is 32.8 Å². The zero-order valence-corrected chi connectivity index (χ0v) is 34.9. The van der Waals surface area contributed by atoms with E-state index in [-0.39, 0.29) is 116 Å². The number of nitrogens with one attached hydrogen (secondary N) is 1. The molecule has 0 fully saturated rings. The van der Waals surface area contributed by atoms with Gasteiger partial charge in [-0.05, 0) is 73.1 Å². The van der Waals surface area contributed by atoms with Crippen LogP contribution < -0.4 is 16.8 Å². The highest BCUT2D eigenvalue weighted by molar-refractivity contribution is 5.88. The lowest BCUT2D eigenvalue weighted by Crippen LogP contribution is -2.42. The van der Waals surface area contributed by atoms with Gasteiger partial charge in [-0.1, -0.05) is 22.8 Å². The highest BCUT2D eigenvalue weighted by atomic mass is 16.5. The second-order valence-corrected chi connectivity index (χ2v) is 14.0. The van der Waals surface area contributed by atoms with E-state index in [2.05, 4.69) is 5.32 Å². The van der Waals surface area contributed by atoms with Crippen molar-refractivity contribution in [2.75, 3.05) is 39.5 Å². The number of nitrogens with zero attached hydrogens (tertiary/aromatic N) is 3. The fourth-order valence-electron chi connectivity index (χ4n) is 4.80. The molecule has 0 saturated carbocycles. The van der Waals surface area contributed by atoms with Gasteiger partial charge in [0, 0.05) is 63.9 Å². The average molecular weight is 841 g/mol. The predicted molar refractivity (Wildman–Crippen MR) is 211 cm³/mol. The fourth-order valence-corrected chi connectivity index (χ4v) is 4.80. The van der Waals surface area contributed by atoms with Crippen molar-refractivity contribution in [2.45, 2.75) is 123 Å². The fraction of sp³-hybridized carbons (Fsp3) is 0.641. The summed E-state index contributed by atoms with van der Waals surface area (Å²) in [6, 6.07) is -3.05. The first-order valence-corrected chi connectivity index (χ1v) is 19.5. The number of hydroxylamine groups is 6. The molecule has 0 rings (SSSR count). The number of nitrogens with two attached hydrogens (primary N) is 2. The van der Waals surface area contributed by atoms with Crippen LogP contribution in [-0.2, 0) is 52.6 Å². The molecule has 4 amide bonds. The quantitative estimate of drug-likeness (QED) is 0.0110. The molecule has 59 heavy (non-hydrogen) atoms. The van der Waals surface area contributed by atoms with Gasteiger partial charge >= 0.3 is 17.9 Å². The molecule has 0 heterocycles. The molecule has 0 aromatic heterocycles. The zero-order valence-electron chi connectivity index (χ0n) is 34.9. The summed E-state index contributed by atoms with van der Waals surface area (Å²) in [7, 11) is 0. The molecule has 0 aromatic rings. The van der Waals surface area contributed by atoms with Crippen LogP contribution in [0.5, 0.6) is 0 Å². The molecule has 334 valence electrons. The Hall–Kier alpha value is -5.02. The number of amides is 4. The molecule has 8 N–H and O–H groups in total. The Bertz CT molecular complexity index is 1480. The molecule has 20 heteroatoms. The number of hydrogen-bond donors (Lipinski definition) is 6. The van der Waals surface area contributed by atoms with Crippen molar-refractivity contribution < 1.29 is 68.2 Å². The Kier molecular flexibility index (Phi) is 28.3. The lowest BCUT2D eigenvalue weighted by molar-refractivity contribution is -0.160. The van der Waals surface area contributed by atoms with Gasteiger partial charge in [-0.25, -0.2) is 20.0 Å². The van der Waals surface area contributed by atoms with E-state index in [1.165, 1.54) is 13.0 Å². The monoisotopic (exact) mass is 840 g/mol. The Morgan fingerprint density at radius 1 is 0.610 bits per heavy atom. The van der Waals surface area contributed by atoms with Crippen molar-refractivity contribution in [3.63, 3.8) is 0 Å². The van der Waals surface area contributed by atoms with Gasteiger partial charge < -0.3 is 35.8 Å².